The number of hydrogen-bond acceptors (Lipinski definition) is 3. The van der Waals surface area contributed by atoms with E-state index >= 15 is 0 Å². The first-order valence-electron chi connectivity index (χ1n) is 4.55. The molecule has 1 aromatic carbocycles. The van der Waals surface area contributed by atoms with Gasteiger partial charge in [-0.15, -0.1) is 0 Å². The van der Waals surface area contributed by atoms with Gasteiger partial charge in [0.15, 0.2) is 0 Å². The largest absolute Gasteiger partial charge is 0.398 e. The van der Waals surface area contributed by atoms with Crippen molar-refractivity contribution in [3.05, 3.63) is 45.1 Å². The molecule has 0 aliphatic rings. The van der Waals surface area contributed by atoms with Crippen LogP contribution in [0, 0.1) is 0 Å². The number of amides is 1. The number of halogens is 1. The molecular weight excluding hydrogens is 288 g/mol. The van der Waals surface area contributed by atoms with Crippen LogP contribution in [0.1, 0.15) is 10.4 Å². The molecule has 0 aliphatic carbocycles. The van der Waals surface area contributed by atoms with Gasteiger partial charge in [-0.25, -0.2) is 0 Å². The molecule has 0 bridgehead atoms. The van der Waals surface area contributed by atoms with Crippen molar-refractivity contribution in [1.82, 2.24) is 0 Å². The lowest BCUT2D eigenvalue weighted by Crippen LogP contribution is -2.11. The van der Waals surface area contributed by atoms with E-state index in [0.29, 0.717) is 11.3 Å². The van der Waals surface area contributed by atoms with Gasteiger partial charge in [-0.05, 0) is 45.6 Å². The highest BCUT2D eigenvalue weighted by Crippen LogP contribution is 2.21. The van der Waals surface area contributed by atoms with E-state index in [2.05, 4.69) is 21.2 Å². The summed E-state index contributed by atoms with van der Waals surface area (Å²) in [6.07, 6.45) is 0. The highest BCUT2D eigenvalue weighted by molar-refractivity contribution is 9.10. The molecule has 1 amide bonds. The van der Waals surface area contributed by atoms with E-state index < -0.39 is 0 Å². The quantitative estimate of drug-likeness (QED) is 0.835. The van der Waals surface area contributed by atoms with E-state index in [9.17, 15) is 4.79 Å². The van der Waals surface area contributed by atoms with Crippen LogP contribution in [0.5, 0.6) is 0 Å². The first kappa shape index (κ1) is 11.2. The lowest BCUT2D eigenvalue weighted by molar-refractivity contribution is 0.102. The third-order valence-electron chi connectivity index (χ3n) is 2.04. The Kier molecular flexibility index (Phi) is 3.26. The Morgan fingerprint density at radius 2 is 2.19 bits per heavy atom. The number of thiophene rings is 1. The predicted molar refractivity (Wildman–Crippen MR) is 70.8 cm³/mol. The Labute approximate surface area is 105 Å². The van der Waals surface area contributed by atoms with E-state index in [1.807, 2.05) is 16.8 Å². The lowest BCUT2D eigenvalue weighted by Gasteiger charge is -2.04. The summed E-state index contributed by atoms with van der Waals surface area (Å²) in [6, 6.07) is 6.98. The molecule has 0 unspecified atom stereocenters. The summed E-state index contributed by atoms with van der Waals surface area (Å²) in [4.78, 5) is 11.8. The van der Waals surface area contributed by atoms with Crippen molar-refractivity contribution in [1.29, 1.82) is 0 Å². The van der Waals surface area contributed by atoms with Crippen LogP contribution in [0.2, 0.25) is 0 Å². The molecule has 0 radical (unpaired) electrons. The second-order valence-corrected chi connectivity index (χ2v) is 4.84. The number of nitrogens with two attached hydrogens (primary N) is 1. The van der Waals surface area contributed by atoms with Gasteiger partial charge >= 0.3 is 0 Å². The number of nitrogen functional groups attached to an aromatic ring is 1. The number of hydrogen-bond donors (Lipinski definition) is 2. The van der Waals surface area contributed by atoms with Crippen LogP contribution in [0.4, 0.5) is 11.4 Å². The standard InChI is InChI=1S/C11H9BrN2OS/c12-9-2-1-7(5-10(9)13)11(15)14-8-3-4-16-6-8/h1-6H,13H2,(H,14,15). The van der Waals surface area contributed by atoms with E-state index in [4.69, 9.17) is 5.73 Å². The molecule has 0 saturated heterocycles. The summed E-state index contributed by atoms with van der Waals surface area (Å²) in [6.45, 7) is 0. The molecule has 0 spiro atoms. The van der Waals surface area contributed by atoms with Gasteiger partial charge in [0.25, 0.3) is 5.91 Å². The molecule has 82 valence electrons. The molecule has 3 nitrogen and oxygen atoms in total. The van der Waals surface area contributed by atoms with Crippen molar-refractivity contribution in [2.45, 2.75) is 0 Å². The Balaban J connectivity index is 2.18. The minimum Gasteiger partial charge on any atom is -0.398 e. The number of carbonyl (C=O) groups excluding carboxylic acids is 1. The number of rotatable bonds is 2. The summed E-state index contributed by atoms with van der Waals surface area (Å²) in [5.41, 5.74) is 7.61. The van der Waals surface area contributed by atoms with Crippen LogP contribution in [-0.2, 0) is 0 Å². The average Bonchev–Trinajstić information content (AvgIpc) is 2.74. The highest BCUT2D eigenvalue weighted by Gasteiger charge is 2.07. The Morgan fingerprint density at radius 3 is 2.81 bits per heavy atom. The fourth-order valence-corrected chi connectivity index (χ4v) is 2.06. The molecule has 0 aliphatic heterocycles. The zero-order chi connectivity index (χ0) is 11.5. The van der Waals surface area contributed by atoms with Gasteiger partial charge in [0.1, 0.15) is 0 Å². The molecule has 0 atom stereocenters. The summed E-state index contributed by atoms with van der Waals surface area (Å²) in [7, 11) is 0. The van der Waals surface area contributed by atoms with Crippen molar-refractivity contribution in [3.63, 3.8) is 0 Å². The molecular formula is C11H9BrN2OS. The van der Waals surface area contributed by atoms with Gasteiger partial charge in [-0.1, -0.05) is 0 Å². The second kappa shape index (κ2) is 4.67. The molecule has 1 aromatic heterocycles. The number of carbonyl (C=O) groups is 1. The molecule has 0 fully saturated rings. The first-order valence-corrected chi connectivity index (χ1v) is 6.29. The zero-order valence-corrected chi connectivity index (χ0v) is 10.6. The monoisotopic (exact) mass is 296 g/mol. The van der Waals surface area contributed by atoms with Crippen molar-refractivity contribution in [3.8, 4) is 0 Å². The van der Waals surface area contributed by atoms with Crippen LogP contribution < -0.4 is 11.1 Å². The van der Waals surface area contributed by atoms with Gasteiger partial charge in [0.2, 0.25) is 0 Å². The average molecular weight is 297 g/mol. The maximum absolute atomic E-state index is 11.8. The van der Waals surface area contributed by atoms with Crippen LogP contribution in [0.15, 0.2) is 39.5 Å². The van der Waals surface area contributed by atoms with Gasteiger partial charge in [0.05, 0.1) is 5.69 Å². The van der Waals surface area contributed by atoms with Gasteiger partial charge in [-0.2, -0.15) is 11.3 Å². The fraction of sp³-hybridized carbons (Fsp3) is 0. The molecule has 2 aromatic rings. The fourth-order valence-electron chi connectivity index (χ4n) is 1.22. The molecule has 1 heterocycles. The van der Waals surface area contributed by atoms with E-state index in [1.54, 1.807) is 18.2 Å². The second-order valence-electron chi connectivity index (χ2n) is 3.20. The Morgan fingerprint density at radius 1 is 1.38 bits per heavy atom. The number of anilines is 2. The maximum atomic E-state index is 11.8. The maximum Gasteiger partial charge on any atom is 0.255 e. The lowest BCUT2D eigenvalue weighted by atomic mass is 10.2. The first-order chi connectivity index (χ1) is 7.66. The predicted octanol–water partition coefficient (Wildman–Crippen LogP) is 3.35. The van der Waals surface area contributed by atoms with E-state index in [1.165, 1.54) is 11.3 Å². The van der Waals surface area contributed by atoms with Crippen LogP contribution >= 0.6 is 27.3 Å². The molecule has 0 saturated carbocycles. The third-order valence-corrected chi connectivity index (χ3v) is 3.44. The summed E-state index contributed by atoms with van der Waals surface area (Å²) < 4.78 is 0.791. The number of nitrogens with one attached hydrogen (secondary N) is 1. The SMILES string of the molecule is Nc1cc(C(=O)Nc2ccsc2)ccc1Br. The Bertz CT molecular complexity index is 511. The third kappa shape index (κ3) is 2.43. The van der Waals surface area contributed by atoms with E-state index in [0.717, 1.165) is 10.2 Å². The normalized spacial score (nSPS) is 10.1. The molecule has 16 heavy (non-hydrogen) atoms. The Hall–Kier alpha value is -1.33. The van der Waals surface area contributed by atoms with Crippen LogP contribution in [0.3, 0.4) is 0 Å². The van der Waals surface area contributed by atoms with Crippen molar-refractivity contribution < 1.29 is 4.79 Å². The van der Waals surface area contributed by atoms with Gasteiger partial charge < -0.3 is 11.1 Å². The van der Waals surface area contributed by atoms with Crippen molar-refractivity contribution in [2.75, 3.05) is 11.1 Å². The molecule has 5 heteroatoms. The summed E-state index contributed by atoms with van der Waals surface area (Å²) >= 11 is 4.82. The molecule has 3 N–H and O–H groups in total. The van der Waals surface area contributed by atoms with Gasteiger partial charge in [-0.3, -0.25) is 4.79 Å². The minimum atomic E-state index is -0.155. The summed E-state index contributed by atoms with van der Waals surface area (Å²) in [5.74, 6) is -0.155. The number of benzene rings is 1. The molecule has 2 rings (SSSR count). The zero-order valence-electron chi connectivity index (χ0n) is 8.24. The van der Waals surface area contributed by atoms with Crippen LogP contribution in [0.25, 0.3) is 0 Å². The smallest absolute Gasteiger partial charge is 0.255 e. The van der Waals surface area contributed by atoms with Crippen molar-refractivity contribution >= 4 is 44.5 Å². The summed E-state index contributed by atoms with van der Waals surface area (Å²) in [5, 5.41) is 6.57. The van der Waals surface area contributed by atoms with E-state index in [-0.39, 0.29) is 5.91 Å². The highest BCUT2D eigenvalue weighted by atomic mass is 79.9. The van der Waals surface area contributed by atoms with Crippen molar-refractivity contribution in [2.24, 2.45) is 0 Å². The topological polar surface area (TPSA) is 55.1 Å². The van der Waals surface area contributed by atoms with Crippen LogP contribution in [-0.4, -0.2) is 5.91 Å². The minimum absolute atomic E-state index is 0.155. The van der Waals surface area contributed by atoms with Gasteiger partial charge in [0, 0.05) is 21.1 Å².